The van der Waals surface area contributed by atoms with Crippen LogP contribution in [0.5, 0.6) is 5.75 Å². The molecule has 3 aromatic carbocycles. The average molecular weight is 525 g/mol. The Bertz CT molecular complexity index is 1260. The zero-order valence-corrected chi connectivity index (χ0v) is 20.5. The Balaban J connectivity index is 1.95. The molecular formula is C24H23F3N2O4S2. The van der Waals surface area contributed by atoms with Gasteiger partial charge in [-0.05, 0) is 73.8 Å². The molecule has 0 aromatic heterocycles. The molecule has 0 saturated carbocycles. The molecule has 0 heterocycles. The smallest absolute Gasteiger partial charge is 0.416 e. The van der Waals surface area contributed by atoms with Gasteiger partial charge in [-0.2, -0.15) is 13.2 Å². The lowest BCUT2D eigenvalue weighted by atomic mass is 10.2. The number of ether oxygens (including phenoxy) is 1. The first-order valence-electron chi connectivity index (χ1n) is 10.4. The van der Waals surface area contributed by atoms with Crippen molar-refractivity contribution in [2.75, 3.05) is 29.0 Å². The number of hydrogen-bond donors (Lipinski definition) is 1. The van der Waals surface area contributed by atoms with Gasteiger partial charge in [0.15, 0.2) is 0 Å². The number of carbonyl (C=O) groups excluding carboxylic acids is 1. The molecule has 0 bridgehead atoms. The molecule has 35 heavy (non-hydrogen) atoms. The predicted molar refractivity (Wildman–Crippen MR) is 130 cm³/mol. The second-order valence-electron chi connectivity index (χ2n) is 7.21. The quantitative estimate of drug-likeness (QED) is 0.366. The number of alkyl halides is 3. The molecule has 0 fully saturated rings. The monoisotopic (exact) mass is 524 g/mol. The molecule has 0 aliphatic carbocycles. The van der Waals surface area contributed by atoms with Gasteiger partial charge in [-0.25, -0.2) is 8.42 Å². The number of benzene rings is 3. The number of anilines is 2. The van der Waals surface area contributed by atoms with Crippen molar-refractivity contribution >= 4 is 39.1 Å². The van der Waals surface area contributed by atoms with Crippen LogP contribution >= 0.6 is 11.8 Å². The second kappa shape index (κ2) is 11.0. The van der Waals surface area contributed by atoms with E-state index < -0.39 is 34.2 Å². The van der Waals surface area contributed by atoms with Crippen LogP contribution in [0.2, 0.25) is 0 Å². The Morgan fingerprint density at radius 3 is 2.20 bits per heavy atom. The predicted octanol–water partition coefficient (Wildman–Crippen LogP) is 5.66. The van der Waals surface area contributed by atoms with Gasteiger partial charge in [0.1, 0.15) is 12.3 Å². The Morgan fingerprint density at radius 2 is 1.63 bits per heavy atom. The van der Waals surface area contributed by atoms with Crippen molar-refractivity contribution in [2.45, 2.75) is 22.9 Å². The number of carbonyl (C=O) groups is 1. The van der Waals surface area contributed by atoms with Crippen LogP contribution in [-0.2, 0) is 21.0 Å². The molecule has 1 N–H and O–H groups in total. The summed E-state index contributed by atoms with van der Waals surface area (Å²) < 4.78 is 72.1. The normalized spacial score (nSPS) is 11.7. The van der Waals surface area contributed by atoms with Gasteiger partial charge in [-0.1, -0.05) is 12.1 Å². The van der Waals surface area contributed by atoms with Crippen LogP contribution in [-0.4, -0.2) is 33.7 Å². The Morgan fingerprint density at radius 1 is 1.00 bits per heavy atom. The maximum atomic E-state index is 13.6. The summed E-state index contributed by atoms with van der Waals surface area (Å²) in [6.45, 7) is 1.39. The highest BCUT2D eigenvalue weighted by molar-refractivity contribution is 7.98. The molecule has 0 saturated heterocycles. The fourth-order valence-corrected chi connectivity index (χ4v) is 5.03. The van der Waals surface area contributed by atoms with Crippen molar-refractivity contribution in [3.05, 3.63) is 78.4 Å². The molecule has 0 atom stereocenters. The van der Waals surface area contributed by atoms with E-state index in [9.17, 15) is 26.4 Å². The minimum absolute atomic E-state index is 0.0241. The van der Waals surface area contributed by atoms with Crippen molar-refractivity contribution < 1.29 is 31.1 Å². The van der Waals surface area contributed by atoms with E-state index in [1.165, 1.54) is 30.0 Å². The first-order chi connectivity index (χ1) is 16.6. The molecule has 186 valence electrons. The number of nitrogens with one attached hydrogen (secondary N) is 1. The van der Waals surface area contributed by atoms with Crippen molar-refractivity contribution in [1.29, 1.82) is 0 Å². The van der Waals surface area contributed by atoms with Crippen LogP contribution in [0.1, 0.15) is 12.5 Å². The number of sulfonamides is 1. The second-order valence-corrected chi connectivity index (χ2v) is 9.95. The molecular weight excluding hydrogens is 501 g/mol. The third-order valence-electron chi connectivity index (χ3n) is 4.86. The van der Waals surface area contributed by atoms with Crippen LogP contribution < -0.4 is 14.4 Å². The molecule has 0 unspecified atom stereocenters. The van der Waals surface area contributed by atoms with E-state index >= 15 is 0 Å². The lowest BCUT2D eigenvalue weighted by Gasteiger charge is -2.26. The summed E-state index contributed by atoms with van der Waals surface area (Å²) in [6.07, 6.45) is -2.65. The first kappa shape index (κ1) is 26.4. The van der Waals surface area contributed by atoms with Gasteiger partial charge in [0.2, 0.25) is 5.91 Å². The highest BCUT2D eigenvalue weighted by Crippen LogP contribution is 2.33. The molecule has 6 nitrogen and oxygen atoms in total. The van der Waals surface area contributed by atoms with Crippen LogP contribution in [0, 0.1) is 0 Å². The largest absolute Gasteiger partial charge is 0.492 e. The van der Waals surface area contributed by atoms with Gasteiger partial charge in [0.05, 0.1) is 22.8 Å². The van der Waals surface area contributed by atoms with E-state index in [1.54, 1.807) is 37.3 Å². The maximum Gasteiger partial charge on any atom is 0.416 e. The van der Waals surface area contributed by atoms with Gasteiger partial charge in [-0.3, -0.25) is 9.10 Å². The van der Waals surface area contributed by atoms with E-state index in [2.05, 4.69) is 5.32 Å². The first-order valence-corrected chi connectivity index (χ1v) is 13.1. The standard InChI is InChI=1S/C24H23F3N2O4S2/c1-3-33-22-7-5-4-6-21(22)29(35(31,32)20-14-12-19(34-2)13-15-20)16-23(30)28-18-10-8-17(9-11-18)24(25,26)27/h4-15H,3,16H2,1-2H3,(H,28,30). The van der Waals surface area contributed by atoms with E-state index in [0.29, 0.717) is 0 Å². The van der Waals surface area contributed by atoms with E-state index in [4.69, 9.17) is 4.74 Å². The summed E-state index contributed by atoms with van der Waals surface area (Å²) in [5.74, 6) is -0.470. The van der Waals surface area contributed by atoms with Crippen LogP contribution in [0.15, 0.2) is 82.6 Å². The average Bonchev–Trinajstić information content (AvgIpc) is 2.83. The van der Waals surface area contributed by atoms with Crippen molar-refractivity contribution in [2.24, 2.45) is 0 Å². The summed E-state index contributed by atoms with van der Waals surface area (Å²) >= 11 is 1.45. The summed E-state index contributed by atoms with van der Waals surface area (Å²) in [4.78, 5) is 13.7. The molecule has 0 spiro atoms. The fraction of sp³-hybridized carbons (Fsp3) is 0.208. The number of para-hydroxylation sites is 2. The van der Waals surface area contributed by atoms with Gasteiger partial charge in [0.25, 0.3) is 10.0 Å². The van der Waals surface area contributed by atoms with E-state index in [1.807, 2.05) is 6.26 Å². The highest BCUT2D eigenvalue weighted by Gasteiger charge is 2.31. The third-order valence-corrected chi connectivity index (χ3v) is 7.38. The van der Waals surface area contributed by atoms with Gasteiger partial charge in [-0.15, -0.1) is 11.8 Å². The maximum absolute atomic E-state index is 13.6. The number of thioether (sulfide) groups is 1. The van der Waals surface area contributed by atoms with Crippen LogP contribution in [0.4, 0.5) is 24.5 Å². The van der Waals surface area contributed by atoms with Gasteiger partial charge >= 0.3 is 6.18 Å². The van der Waals surface area contributed by atoms with Gasteiger partial charge in [0, 0.05) is 10.6 Å². The van der Waals surface area contributed by atoms with Crippen LogP contribution in [0.25, 0.3) is 0 Å². The minimum atomic E-state index is -4.51. The molecule has 11 heteroatoms. The summed E-state index contributed by atoms with van der Waals surface area (Å²) in [5.41, 5.74) is -0.604. The number of nitrogens with zero attached hydrogens (tertiary/aromatic N) is 1. The SMILES string of the molecule is CCOc1ccccc1N(CC(=O)Nc1ccc(C(F)(F)F)cc1)S(=O)(=O)c1ccc(SC)cc1. The summed E-state index contributed by atoms with van der Waals surface area (Å²) in [6, 6.07) is 16.5. The Hall–Kier alpha value is -3.18. The molecule has 3 rings (SSSR count). The molecule has 3 aromatic rings. The zero-order valence-electron chi connectivity index (χ0n) is 18.9. The van der Waals surface area contributed by atoms with Crippen LogP contribution in [0.3, 0.4) is 0 Å². The molecule has 0 radical (unpaired) electrons. The lowest BCUT2D eigenvalue weighted by Crippen LogP contribution is -2.38. The Kier molecular flexibility index (Phi) is 8.34. The third kappa shape index (κ3) is 6.49. The van der Waals surface area contributed by atoms with Gasteiger partial charge < -0.3 is 10.1 Å². The number of rotatable bonds is 9. The fourth-order valence-electron chi connectivity index (χ4n) is 3.19. The number of amides is 1. The zero-order chi connectivity index (χ0) is 25.6. The number of halogens is 3. The molecule has 1 amide bonds. The van der Waals surface area contributed by atoms with E-state index in [-0.39, 0.29) is 28.6 Å². The number of hydrogen-bond acceptors (Lipinski definition) is 5. The van der Waals surface area contributed by atoms with Crippen molar-refractivity contribution in [3.63, 3.8) is 0 Å². The lowest BCUT2D eigenvalue weighted by molar-refractivity contribution is -0.137. The molecule has 0 aliphatic heterocycles. The molecule has 0 aliphatic rings. The Labute approximate surface area is 206 Å². The highest BCUT2D eigenvalue weighted by atomic mass is 32.2. The summed E-state index contributed by atoms with van der Waals surface area (Å²) in [7, 11) is -4.20. The van der Waals surface area contributed by atoms with Crippen molar-refractivity contribution in [1.82, 2.24) is 0 Å². The summed E-state index contributed by atoms with van der Waals surface area (Å²) in [5, 5.41) is 2.46. The topological polar surface area (TPSA) is 75.7 Å². The van der Waals surface area contributed by atoms with E-state index in [0.717, 1.165) is 33.5 Å². The minimum Gasteiger partial charge on any atom is -0.492 e. The van der Waals surface area contributed by atoms with Crippen molar-refractivity contribution in [3.8, 4) is 5.75 Å².